The molecule has 1 aliphatic heterocycles. The van der Waals surface area contributed by atoms with E-state index in [1.54, 1.807) is 11.9 Å². The van der Waals surface area contributed by atoms with Gasteiger partial charge in [0.25, 0.3) is 5.91 Å². The summed E-state index contributed by atoms with van der Waals surface area (Å²) in [7, 11) is 1.71. The molecule has 2 rings (SSSR count). The van der Waals surface area contributed by atoms with Crippen LogP contribution in [0.25, 0.3) is 0 Å². The van der Waals surface area contributed by atoms with Gasteiger partial charge in [-0.2, -0.15) is 0 Å². The molecule has 0 saturated carbocycles. The van der Waals surface area contributed by atoms with Gasteiger partial charge in [0.05, 0.1) is 25.4 Å². The highest BCUT2D eigenvalue weighted by molar-refractivity contribution is 5.94. The van der Waals surface area contributed by atoms with Crippen LogP contribution in [0.1, 0.15) is 35.3 Å². The number of aliphatic hydroxyl groups is 1. The minimum absolute atomic E-state index is 0.0662. The van der Waals surface area contributed by atoms with E-state index < -0.39 is 5.54 Å². The van der Waals surface area contributed by atoms with Crippen molar-refractivity contribution in [3.05, 3.63) is 34.9 Å². The number of likely N-dealkylation sites (N-methyl/N-ethyl adjacent to an activating group) is 1. The zero-order valence-electron chi connectivity index (χ0n) is 11.1. The van der Waals surface area contributed by atoms with Crippen molar-refractivity contribution in [1.82, 2.24) is 4.90 Å². The first-order valence-corrected chi connectivity index (χ1v) is 6.04. The van der Waals surface area contributed by atoms with E-state index in [1.165, 1.54) is 0 Å². The third-order valence-electron chi connectivity index (χ3n) is 3.57. The Morgan fingerprint density at radius 3 is 2.72 bits per heavy atom. The summed E-state index contributed by atoms with van der Waals surface area (Å²) in [4.78, 5) is 13.9. The average Bonchev–Trinajstić information content (AvgIpc) is 2.84. The molecular formula is C14H19NO3. The number of amides is 1. The third-order valence-corrected chi connectivity index (χ3v) is 3.57. The fourth-order valence-electron chi connectivity index (χ4n) is 1.88. The second-order valence-corrected chi connectivity index (χ2v) is 5.31. The number of aliphatic hydroxyl groups excluding tert-OH is 1. The molecule has 0 spiro atoms. The SMILES string of the molecule is CN(C(=O)c1ccc2c(c1)COC2)C(C)(C)CO. The summed E-state index contributed by atoms with van der Waals surface area (Å²) < 4.78 is 5.33. The summed E-state index contributed by atoms with van der Waals surface area (Å²) in [5.74, 6) is -0.0799. The van der Waals surface area contributed by atoms with E-state index in [4.69, 9.17) is 4.74 Å². The summed E-state index contributed by atoms with van der Waals surface area (Å²) >= 11 is 0. The van der Waals surface area contributed by atoms with E-state index in [-0.39, 0.29) is 12.5 Å². The molecule has 1 amide bonds. The van der Waals surface area contributed by atoms with Crippen LogP contribution in [0.2, 0.25) is 0 Å². The molecule has 4 nitrogen and oxygen atoms in total. The summed E-state index contributed by atoms with van der Waals surface area (Å²) in [5, 5.41) is 9.30. The lowest BCUT2D eigenvalue weighted by molar-refractivity contribution is 0.0473. The number of nitrogens with zero attached hydrogens (tertiary/aromatic N) is 1. The van der Waals surface area contributed by atoms with Crippen LogP contribution in [0, 0.1) is 0 Å². The third kappa shape index (κ3) is 2.26. The zero-order chi connectivity index (χ0) is 13.3. The quantitative estimate of drug-likeness (QED) is 0.884. The Labute approximate surface area is 107 Å². The topological polar surface area (TPSA) is 49.8 Å². The smallest absolute Gasteiger partial charge is 0.254 e. The van der Waals surface area contributed by atoms with Gasteiger partial charge in [-0.05, 0) is 37.1 Å². The molecule has 0 fully saturated rings. The Morgan fingerprint density at radius 1 is 1.39 bits per heavy atom. The lowest BCUT2D eigenvalue weighted by atomic mass is 10.0. The number of hydrogen-bond donors (Lipinski definition) is 1. The van der Waals surface area contributed by atoms with Gasteiger partial charge in [-0.15, -0.1) is 0 Å². The predicted octanol–water partition coefficient (Wildman–Crippen LogP) is 1.56. The standard InChI is InChI=1S/C14H19NO3/c1-14(2,9-16)15(3)13(17)10-4-5-11-7-18-8-12(11)6-10/h4-6,16H,7-9H2,1-3H3. The molecule has 1 aliphatic rings. The average molecular weight is 249 g/mol. The van der Waals surface area contributed by atoms with E-state index in [9.17, 15) is 9.90 Å². The Kier molecular flexibility index (Phi) is 3.41. The largest absolute Gasteiger partial charge is 0.394 e. The van der Waals surface area contributed by atoms with Crippen LogP contribution in [0.4, 0.5) is 0 Å². The molecule has 1 N–H and O–H groups in total. The summed E-state index contributed by atoms with van der Waals surface area (Å²) in [6, 6.07) is 5.64. The number of fused-ring (bicyclic) bond motifs is 1. The van der Waals surface area contributed by atoms with Crippen LogP contribution < -0.4 is 0 Å². The first-order chi connectivity index (χ1) is 8.45. The molecule has 98 valence electrons. The Morgan fingerprint density at radius 2 is 2.06 bits per heavy atom. The van der Waals surface area contributed by atoms with Crippen LogP contribution in [0.3, 0.4) is 0 Å². The van der Waals surface area contributed by atoms with Crippen molar-refractivity contribution in [1.29, 1.82) is 0 Å². The highest BCUT2D eigenvalue weighted by Gasteiger charge is 2.28. The normalized spacial score (nSPS) is 14.4. The van der Waals surface area contributed by atoms with Gasteiger partial charge in [0.1, 0.15) is 0 Å². The molecule has 0 aliphatic carbocycles. The maximum Gasteiger partial charge on any atom is 0.254 e. The lowest BCUT2D eigenvalue weighted by Crippen LogP contribution is -2.47. The summed E-state index contributed by atoms with van der Waals surface area (Å²) in [6.07, 6.45) is 0. The fraction of sp³-hybridized carbons (Fsp3) is 0.500. The van der Waals surface area contributed by atoms with Gasteiger partial charge >= 0.3 is 0 Å². The van der Waals surface area contributed by atoms with Gasteiger partial charge in [0, 0.05) is 12.6 Å². The van der Waals surface area contributed by atoms with E-state index in [1.807, 2.05) is 32.0 Å². The molecule has 0 unspecified atom stereocenters. The molecule has 18 heavy (non-hydrogen) atoms. The second kappa shape index (κ2) is 4.71. The van der Waals surface area contributed by atoms with E-state index in [2.05, 4.69) is 0 Å². The molecule has 1 heterocycles. The molecule has 0 atom stereocenters. The van der Waals surface area contributed by atoms with Gasteiger partial charge in [0.2, 0.25) is 0 Å². The van der Waals surface area contributed by atoms with E-state index in [0.29, 0.717) is 18.8 Å². The maximum atomic E-state index is 12.3. The number of carbonyl (C=O) groups is 1. The zero-order valence-corrected chi connectivity index (χ0v) is 11.1. The van der Waals surface area contributed by atoms with Crippen molar-refractivity contribution >= 4 is 5.91 Å². The molecule has 0 aromatic heterocycles. The Balaban J connectivity index is 2.24. The van der Waals surface area contributed by atoms with Crippen LogP contribution in [-0.4, -0.2) is 35.1 Å². The number of hydrogen-bond acceptors (Lipinski definition) is 3. The second-order valence-electron chi connectivity index (χ2n) is 5.31. The van der Waals surface area contributed by atoms with Crippen molar-refractivity contribution in [2.24, 2.45) is 0 Å². The number of benzene rings is 1. The summed E-state index contributed by atoms with van der Waals surface area (Å²) in [5.41, 5.74) is 2.31. The Bertz CT molecular complexity index is 468. The monoisotopic (exact) mass is 249 g/mol. The van der Waals surface area contributed by atoms with Gasteiger partial charge in [-0.3, -0.25) is 4.79 Å². The maximum absolute atomic E-state index is 12.3. The van der Waals surface area contributed by atoms with Crippen molar-refractivity contribution in [3.63, 3.8) is 0 Å². The predicted molar refractivity (Wildman–Crippen MR) is 68.2 cm³/mol. The Hall–Kier alpha value is -1.39. The van der Waals surface area contributed by atoms with Gasteiger partial charge < -0.3 is 14.7 Å². The van der Waals surface area contributed by atoms with Crippen molar-refractivity contribution in [3.8, 4) is 0 Å². The van der Waals surface area contributed by atoms with E-state index in [0.717, 1.165) is 11.1 Å². The van der Waals surface area contributed by atoms with Gasteiger partial charge in [0.15, 0.2) is 0 Å². The van der Waals surface area contributed by atoms with Gasteiger partial charge in [-0.25, -0.2) is 0 Å². The first kappa shape index (κ1) is 13.1. The van der Waals surface area contributed by atoms with E-state index >= 15 is 0 Å². The molecule has 0 saturated heterocycles. The van der Waals surface area contributed by atoms with Crippen LogP contribution in [0.15, 0.2) is 18.2 Å². The molecule has 0 radical (unpaired) electrons. The molecular weight excluding hydrogens is 230 g/mol. The number of carbonyl (C=O) groups excluding carboxylic acids is 1. The number of rotatable bonds is 3. The fourth-order valence-corrected chi connectivity index (χ4v) is 1.88. The van der Waals surface area contributed by atoms with Crippen LogP contribution >= 0.6 is 0 Å². The van der Waals surface area contributed by atoms with Crippen molar-refractivity contribution < 1.29 is 14.6 Å². The molecule has 1 aromatic rings. The minimum Gasteiger partial charge on any atom is -0.394 e. The summed E-state index contributed by atoms with van der Waals surface area (Å²) in [6.45, 7) is 4.80. The van der Waals surface area contributed by atoms with Crippen LogP contribution in [-0.2, 0) is 18.0 Å². The van der Waals surface area contributed by atoms with Gasteiger partial charge in [-0.1, -0.05) is 6.07 Å². The van der Waals surface area contributed by atoms with Crippen molar-refractivity contribution in [2.45, 2.75) is 32.6 Å². The highest BCUT2D eigenvalue weighted by atomic mass is 16.5. The number of ether oxygens (including phenoxy) is 1. The van der Waals surface area contributed by atoms with Crippen molar-refractivity contribution in [2.75, 3.05) is 13.7 Å². The highest BCUT2D eigenvalue weighted by Crippen LogP contribution is 2.23. The molecule has 0 bridgehead atoms. The van der Waals surface area contributed by atoms with Crippen LogP contribution in [0.5, 0.6) is 0 Å². The minimum atomic E-state index is -0.563. The molecule has 4 heteroatoms. The molecule has 1 aromatic carbocycles. The first-order valence-electron chi connectivity index (χ1n) is 6.04. The lowest BCUT2D eigenvalue weighted by Gasteiger charge is -2.34.